The van der Waals surface area contributed by atoms with Gasteiger partial charge >= 0.3 is 23.9 Å². The predicted octanol–water partition coefficient (Wildman–Crippen LogP) is -0.917. The summed E-state index contributed by atoms with van der Waals surface area (Å²) in [5.41, 5.74) is 0. The minimum atomic E-state index is -1.76. The molecule has 0 radical (unpaired) electrons. The van der Waals surface area contributed by atoms with Crippen molar-refractivity contribution in [2.45, 2.75) is 12.8 Å². The minimum Gasteiger partial charge on any atom is -0.481 e. The molecule has 20 heavy (non-hydrogen) atoms. The largest absolute Gasteiger partial charge is 0.481 e. The van der Waals surface area contributed by atoms with Gasteiger partial charge in [-0.25, -0.2) is 0 Å². The van der Waals surface area contributed by atoms with Gasteiger partial charge in [0.15, 0.2) is 5.78 Å². The highest BCUT2D eigenvalue weighted by Gasteiger charge is 2.40. The Balaban J connectivity index is 5.33. The second kappa shape index (κ2) is 7.87. The number of Topliss-reactive ketones (excluding diaryl/α,β-unsaturated/α-hetero) is 1. The van der Waals surface area contributed by atoms with Crippen LogP contribution in [0.1, 0.15) is 12.8 Å². The Morgan fingerprint density at radius 2 is 1.10 bits per heavy atom. The van der Waals surface area contributed by atoms with Gasteiger partial charge < -0.3 is 19.7 Å². The zero-order valence-corrected chi connectivity index (χ0v) is 10.8. The van der Waals surface area contributed by atoms with Gasteiger partial charge in [0.25, 0.3) is 0 Å². The van der Waals surface area contributed by atoms with Gasteiger partial charge in [-0.3, -0.25) is 24.0 Å². The Kier molecular flexibility index (Phi) is 6.91. The number of esters is 2. The zero-order chi connectivity index (χ0) is 15.9. The first-order valence-corrected chi connectivity index (χ1v) is 5.37. The molecule has 0 heterocycles. The highest BCUT2D eigenvalue weighted by molar-refractivity contribution is 6.10. The van der Waals surface area contributed by atoms with Crippen molar-refractivity contribution in [3.8, 4) is 0 Å². The summed E-state index contributed by atoms with van der Waals surface area (Å²) in [6, 6.07) is 0. The first kappa shape index (κ1) is 17.6. The number of hydrogen-bond acceptors (Lipinski definition) is 7. The van der Waals surface area contributed by atoms with Crippen molar-refractivity contribution < 1.29 is 43.7 Å². The van der Waals surface area contributed by atoms with E-state index in [9.17, 15) is 24.0 Å². The summed E-state index contributed by atoms with van der Waals surface area (Å²) in [5, 5.41) is 17.3. The fraction of sp³-hybridized carbons (Fsp3) is 0.545. The van der Waals surface area contributed by atoms with E-state index in [-0.39, 0.29) is 0 Å². The number of hydrogen-bond donors (Lipinski definition) is 2. The SMILES string of the molecule is COC(=O)C(CC(=O)O)C(=O)C(CC(=O)O)C(=O)OC. The molecule has 0 aliphatic heterocycles. The number of carbonyl (C=O) groups is 5. The van der Waals surface area contributed by atoms with Gasteiger partial charge in [-0.2, -0.15) is 0 Å². The van der Waals surface area contributed by atoms with Gasteiger partial charge in [-0.1, -0.05) is 0 Å². The van der Waals surface area contributed by atoms with Crippen molar-refractivity contribution >= 4 is 29.7 Å². The van der Waals surface area contributed by atoms with Crippen molar-refractivity contribution in [2.24, 2.45) is 11.8 Å². The van der Waals surface area contributed by atoms with E-state index in [0.717, 1.165) is 14.2 Å². The van der Waals surface area contributed by atoms with Crippen LogP contribution in [0.2, 0.25) is 0 Å². The van der Waals surface area contributed by atoms with Crippen LogP contribution in [0.15, 0.2) is 0 Å². The summed E-state index contributed by atoms with van der Waals surface area (Å²) >= 11 is 0. The van der Waals surface area contributed by atoms with Crippen LogP contribution in [0.4, 0.5) is 0 Å². The molecule has 0 bridgehead atoms. The van der Waals surface area contributed by atoms with Gasteiger partial charge in [0, 0.05) is 0 Å². The monoisotopic (exact) mass is 290 g/mol. The third-order valence-corrected chi connectivity index (χ3v) is 2.42. The second-order valence-electron chi connectivity index (χ2n) is 3.75. The Morgan fingerprint density at radius 3 is 1.30 bits per heavy atom. The first-order chi connectivity index (χ1) is 9.24. The average molecular weight is 290 g/mol. The lowest BCUT2D eigenvalue weighted by Crippen LogP contribution is -2.37. The maximum Gasteiger partial charge on any atom is 0.316 e. The number of carbonyl (C=O) groups excluding carboxylic acids is 3. The molecule has 0 rings (SSSR count). The van der Waals surface area contributed by atoms with Gasteiger partial charge in [0.1, 0.15) is 11.8 Å². The Bertz CT molecular complexity index is 388. The molecule has 0 aliphatic rings. The second-order valence-corrected chi connectivity index (χ2v) is 3.75. The normalized spacial score (nSPS) is 12.9. The minimum absolute atomic E-state index is 0.904. The van der Waals surface area contributed by atoms with E-state index < -0.39 is 54.3 Å². The highest BCUT2D eigenvalue weighted by atomic mass is 16.5. The summed E-state index contributed by atoms with van der Waals surface area (Å²) in [5.74, 6) is -9.93. The summed E-state index contributed by atoms with van der Waals surface area (Å²) in [4.78, 5) is 56.0. The molecule has 0 aliphatic carbocycles. The van der Waals surface area contributed by atoms with Crippen LogP contribution in [0.3, 0.4) is 0 Å². The third-order valence-electron chi connectivity index (χ3n) is 2.42. The van der Waals surface area contributed by atoms with Crippen molar-refractivity contribution in [3.05, 3.63) is 0 Å². The molecule has 2 N–H and O–H groups in total. The summed E-state index contributed by atoms with van der Waals surface area (Å²) < 4.78 is 8.56. The fourth-order valence-corrected chi connectivity index (χ4v) is 1.48. The summed E-state index contributed by atoms with van der Waals surface area (Å²) in [6.07, 6.45) is -1.81. The lowest BCUT2D eigenvalue weighted by Gasteiger charge is -2.17. The van der Waals surface area contributed by atoms with Crippen LogP contribution >= 0.6 is 0 Å². The number of aliphatic carboxylic acids is 2. The third kappa shape index (κ3) is 5.04. The number of carboxylic acids is 2. The van der Waals surface area contributed by atoms with Crippen LogP contribution in [-0.2, 0) is 33.4 Å². The Morgan fingerprint density at radius 1 is 0.800 bits per heavy atom. The van der Waals surface area contributed by atoms with Crippen LogP contribution in [-0.4, -0.2) is 54.1 Å². The van der Waals surface area contributed by atoms with Gasteiger partial charge in [-0.05, 0) is 0 Å². The quantitative estimate of drug-likeness (QED) is 0.428. The number of carboxylic acid groups (broad SMARTS) is 2. The Labute approximate surface area is 113 Å². The molecule has 2 atom stereocenters. The molecule has 0 fully saturated rings. The molecule has 0 saturated heterocycles. The van der Waals surface area contributed by atoms with Crippen LogP contribution in [0, 0.1) is 11.8 Å². The molecule has 0 aromatic heterocycles. The highest BCUT2D eigenvalue weighted by Crippen LogP contribution is 2.18. The number of ether oxygens (including phenoxy) is 2. The summed E-state index contributed by atoms with van der Waals surface area (Å²) in [6.45, 7) is 0. The van der Waals surface area contributed by atoms with Crippen molar-refractivity contribution in [3.63, 3.8) is 0 Å². The average Bonchev–Trinajstić information content (AvgIpc) is 2.39. The van der Waals surface area contributed by atoms with Gasteiger partial charge in [0.2, 0.25) is 0 Å². The van der Waals surface area contributed by atoms with Crippen molar-refractivity contribution in [1.82, 2.24) is 0 Å². The molecule has 9 heteroatoms. The number of methoxy groups -OCH3 is 2. The Hall–Kier alpha value is -2.45. The van der Waals surface area contributed by atoms with E-state index in [1.54, 1.807) is 0 Å². The van der Waals surface area contributed by atoms with E-state index in [4.69, 9.17) is 10.2 Å². The molecule has 0 saturated carbocycles. The molecule has 0 aromatic rings. The fourth-order valence-electron chi connectivity index (χ4n) is 1.48. The number of ketones is 1. The maximum atomic E-state index is 12.0. The zero-order valence-electron chi connectivity index (χ0n) is 10.8. The molecular weight excluding hydrogens is 276 g/mol. The van der Waals surface area contributed by atoms with Gasteiger partial charge in [0.05, 0.1) is 27.1 Å². The van der Waals surface area contributed by atoms with Crippen molar-refractivity contribution in [2.75, 3.05) is 14.2 Å². The van der Waals surface area contributed by atoms with E-state index >= 15 is 0 Å². The molecular formula is C11H14O9. The predicted molar refractivity (Wildman–Crippen MR) is 60.5 cm³/mol. The standard InChI is InChI=1S/C11H14O9/c1-19-10(17)5(3-7(12)13)9(16)6(4-8(14)15)11(18)20-2/h5-6H,3-4H2,1-2H3,(H,12,13)(H,14,15). The van der Waals surface area contributed by atoms with Gasteiger partial charge in [-0.15, -0.1) is 0 Å². The lowest BCUT2D eigenvalue weighted by molar-refractivity contribution is -0.161. The smallest absolute Gasteiger partial charge is 0.316 e. The van der Waals surface area contributed by atoms with Crippen molar-refractivity contribution in [1.29, 1.82) is 0 Å². The van der Waals surface area contributed by atoms with E-state index in [0.29, 0.717) is 0 Å². The van der Waals surface area contributed by atoms with Crippen LogP contribution in [0.25, 0.3) is 0 Å². The van der Waals surface area contributed by atoms with Crippen LogP contribution < -0.4 is 0 Å². The van der Waals surface area contributed by atoms with E-state index in [1.165, 1.54) is 0 Å². The molecule has 0 amide bonds. The topological polar surface area (TPSA) is 144 Å². The van der Waals surface area contributed by atoms with E-state index in [2.05, 4.69) is 9.47 Å². The molecule has 0 aromatic carbocycles. The molecule has 0 spiro atoms. The summed E-state index contributed by atoms with van der Waals surface area (Å²) in [7, 11) is 1.88. The first-order valence-electron chi connectivity index (χ1n) is 5.37. The maximum absolute atomic E-state index is 12.0. The molecule has 9 nitrogen and oxygen atoms in total. The lowest BCUT2D eigenvalue weighted by atomic mass is 9.88. The van der Waals surface area contributed by atoms with E-state index in [1.807, 2.05) is 0 Å². The van der Waals surface area contributed by atoms with Crippen LogP contribution in [0.5, 0.6) is 0 Å². The molecule has 112 valence electrons. The number of rotatable bonds is 8. The molecule has 2 unspecified atom stereocenters.